The van der Waals surface area contributed by atoms with Gasteiger partial charge in [-0.05, 0) is 31.5 Å². The third-order valence-corrected chi connectivity index (χ3v) is 6.10. The Balaban J connectivity index is 2.07. The van der Waals surface area contributed by atoms with Crippen molar-refractivity contribution < 1.29 is 22.7 Å². The number of nitrogens with zero attached hydrogens (tertiary/aromatic N) is 1. The summed E-state index contributed by atoms with van der Waals surface area (Å²) < 4.78 is 29.4. The Kier molecular flexibility index (Phi) is 5.46. The third-order valence-electron chi connectivity index (χ3n) is 3.85. The van der Waals surface area contributed by atoms with Gasteiger partial charge in [-0.1, -0.05) is 15.9 Å². The lowest BCUT2D eigenvalue weighted by Gasteiger charge is -2.27. The molecule has 0 aromatic heterocycles. The van der Waals surface area contributed by atoms with Crippen molar-refractivity contribution in [1.29, 1.82) is 0 Å². The second kappa shape index (κ2) is 7.00. The molecule has 0 bridgehead atoms. The largest absolute Gasteiger partial charge is 0.480 e. The standard InChI is InChI=1S/C15H18BrNO5S/c1-10(22-14-4-3-12(16)7-11(14)8-18)15(19)17(2)13-5-6-23(20,21)9-13/h3-4,7-8,10,13H,5-6,9H2,1-2H3. The van der Waals surface area contributed by atoms with Crippen LogP contribution in [0.25, 0.3) is 0 Å². The Labute approximate surface area is 143 Å². The Morgan fingerprint density at radius 2 is 2.17 bits per heavy atom. The maximum absolute atomic E-state index is 12.4. The number of likely N-dealkylation sites (N-methyl/N-ethyl adjacent to an activating group) is 1. The molecular formula is C15H18BrNO5S. The second-order valence-corrected chi connectivity index (χ2v) is 8.71. The molecule has 1 aliphatic rings. The molecule has 1 fully saturated rings. The lowest BCUT2D eigenvalue weighted by atomic mass is 10.2. The number of amides is 1. The number of hydrogen-bond donors (Lipinski definition) is 0. The molecule has 8 heteroatoms. The van der Waals surface area contributed by atoms with Crippen molar-refractivity contribution in [2.45, 2.75) is 25.5 Å². The molecule has 0 aliphatic carbocycles. The highest BCUT2D eigenvalue weighted by molar-refractivity contribution is 9.10. The molecule has 0 N–H and O–H groups in total. The van der Waals surface area contributed by atoms with Crippen molar-refractivity contribution in [2.75, 3.05) is 18.6 Å². The van der Waals surface area contributed by atoms with Crippen molar-refractivity contribution in [1.82, 2.24) is 4.90 Å². The van der Waals surface area contributed by atoms with E-state index in [2.05, 4.69) is 15.9 Å². The summed E-state index contributed by atoms with van der Waals surface area (Å²) in [6.07, 6.45) is 0.280. The summed E-state index contributed by atoms with van der Waals surface area (Å²) >= 11 is 3.26. The first-order valence-corrected chi connectivity index (χ1v) is 9.73. The van der Waals surface area contributed by atoms with Crippen LogP contribution < -0.4 is 4.74 Å². The van der Waals surface area contributed by atoms with Gasteiger partial charge in [-0.3, -0.25) is 9.59 Å². The summed E-state index contributed by atoms with van der Waals surface area (Å²) in [5, 5.41) is 0. The van der Waals surface area contributed by atoms with Gasteiger partial charge < -0.3 is 9.64 Å². The number of carbonyl (C=O) groups excluding carboxylic acids is 2. The van der Waals surface area contributed by atoms with E-state index in [4.69, 9.17) is 4.74 Å². The van der Waals surface area contributed by atoms with Crippen LogP contribution >= 0.6 is 15.9 Å². The molecule has 2 rings (SSSR count). The fourth-order valence-corrected chi connectivity index (χ4v) is 4.66. The SMILES string of the molecule is CC(Oc1ccc(Br)cc1C=O)C(=O)N(C)C1CCS(=O)(=O)C1. The fourth-order valence-electron chi connectivity index (χ4n) is 2.51. The number of sulfone groups is 1. The molecule has 2 atom stereocenters. The van der Waals surface area contributed by atoms with Gasteiger partial charge in [-0.2, -0.15) is 0 Å². The van der Waals surface area contributed by atoms with E-state index in [-0.39, 0.29) is 23.5 Å². The number of hydrogen-bond acceptors (Lipinski definition) is 5. The molecule has 0 saturated carbocycles. The predicted octanol–water partition coefficient (Wildman–Crippen LogP) is 1.67. The average Bonchev–Trinajstić information content (AvgIpc) is 2.87. The lowest BCUT2D eigenvalue weighted by Crippen LogP contribution is -2.44. The minimum absolute atomic E-state index is 0.0141. The van der Waals surface area contributed by atoms with Crippen LogP contribution in [0, 0.1) is 0 Å². The molecule has 6 nitrogen and oxygen atoms in total. The Morgan fingerprint density at radius 1 is 1.48 bits per heavy atom. The molecule has 1 aromatic rings. The smallest absolute Gasteiger partial charge is 0.263 e. The summed E-state index contributed by atoms with van der Waals surface area (Å²) in [4.78, 5) is 24.9. The maximum Gasteiger partial charge on any atom is 0.263 e. The van der Waals surface area contributed by atoms with Gasteiger partial charge in [0.05, 0.1) is 17.1 Å². The molecule has 1 aliphatic heterocycles. The summed E-state index contributed by atoms with van der Waals surface area (Å²) in [6, 6.07) is 4.60. The van der Waals surface area contributed by atoms with E-state index in [9.17, 15) is 18.0 Å². The van der Waals surface area contributed by atoms with E-state index in [1.54, 1.807) is 32.2 Å². The zero-order valence-corrected chi connectivity index (χ0v) is 15.3. The number of aldehydes is 1. The summed E-state index contributed by atoms with van der Waals surface area (Å²) in [5.41, 5.74) is 0.338. The predicted molar refractivity (Wildman–Crippen MR) is 89.4 cm³/mol. The summed E-state index contributed by atoms with van der Waals surface area (Å²) in [6.45, 7) is 1.58. The maximum atomic E-state index is 12.4. The topological polar surface area (TPSA) is 80.8 Å². The lowest BCUT2D eigenvalue weighted by molar-refractivity contribution is -0.138. The van der Waals surface area contributed by atoms with Crippen LogP contribution in [-0.4, -0.2) is 56.2 Å². The molecule has 0 spiro atoms. The van der Waals surface area contributed by atoms with Gasteiger partial charge in [0.1, 0.15) is 5.75 Å². The van der Waals surface area contributed by atoms with Gasteiger partial charge in [0.15, 0.2) is 22.2 Å². The second-order valence-electron chi connectivity index (χ2n) is 5.57. The number of carbonyl (C=O) groups is 2. The molecule has 1 saturated heterocycles. The fraction of sp³-hybridized carbons (Fsp3) is 0.467. The van der Waals surface area contributed by atoms with Gasteiger partial charge in [-0.15, -0.1) is 0 Å². The average molecular weight is 404 g/mol. The highest BCUT2D eigenvalue weighted by atomic mass is 79.9. The van der Waals surface area contributed by atoms with Crippen LogP contribution in [0.4, 0.5) is 0 Å². The quantitative estimate of drug-likeness (QED) is 0.698. The van der Waals surface area contributed by atoms with Crippen LogP contribution in [0.1, 0.15) is 23.7 Å². The van der Waals surface area contributed by atoms with Gasteiger partial charge in [-0.25, -0.2) is 8.42 Å². The molecule has 1 amide bonds. The minimum Gasteiger partial charge on any atom is -0.480 e. The van der Waals surface area contributed by atoms with Crippen LogP contribution in [-0.2, 0) is 14.6 Å². The number of ether oxygens (including phenoxy) is 1. The molecule has 0 radical (unpaired) electrons. The van der Waals surface area contributed by atoms with Gasteiger partial charge in [0, 0.05) is 17.6 Å². The van der Waals surface area contributed by atoms with Crippen molar-refractivity contribution in [3.05, 3.63) is 28.2 Å². The Bertz CT molecular complexity index is 719. The highest BCUT2D eigenvalue weighted by Crippen LogP contribution is 2.24. The Morgan fingerprint density at radius 3 is 2.74 bits per heavy atom. The van der Waals surface area contributed by atoms with E-state index in [1.165, 1.54) is 4.90 Å². The third kappa shape index (κ3) is 4.32. The number of rotatable bonds is 5. The van der Waals surface area contributed by atoms with E-state index >= 15 is 0 Å². The van der Waals surface area contributed by atoms with Crippen LogP contribution in [0.2, 0.25) is 0 Å². The zero-order chi connectivity index (χ0) is 17.2. The molecule has 1 aromatic carbocycles. The first-order valence-electron chi connectivity index (χ1n) is 7.12. The molecule has 2 unspecified atom stereocenters. The van der Waals surface area contributed by atoms with Crippen molar-refractivity contribution in [3.8, 4) is 5.75 Å². The van der Waals surface area contributed by atoms with E-state index in [0.29, 0.717) is 24.0 Å². The van der Waals surface area contributed by atoms with E-state index in [0.717, 1.165) is 4.47 Å². The first kappa shape index (κ1) is 17.9. The normalized spacial score (nSPS) is 20.7. The summed E-state index contributed by atoms with van der Waals surface area (Å²) in [7, 11) is -1.48. The molecular weight excluding hydrogens is 386 g/mol. The minimum atomic E-state index is -3.06. The van der Waals surface area contributed by atoms with Crippen molar-refractivity contribution in [3.63, 3.8) is 0 Å². The van der Waals surface area contributed by atoms with Gasteiger partial charge >= 0.3 is 0 Å². The van der Waals surface area contributed by atoms with Gasteiger partial charge in [0.25, 0.3) is 5.91 Å². The first-order chi connectivity index (χ1) is 10.7. The van der Waals surface area contributed by atoms with Crippen molar-refractivity contribution >= 4 is 38.0 Å². The van der Waals surface area contributed by atoms with Crippen LogP contribution in [0.15, 0.2) is 22.7 Å². The van der Waals surface area contributed by atoms with Gasteiger partial charge in [0.2, 0.25) is 0 Å². The molecule has 23 heavy (non-hydrogen) atoms. The van der Waals surface area contributed by atoms with E-state index < -0.39 is 15.9 Å². The van der Waals surface area contributed by atoms with Crippen molar-refractivity contribution in [2.24, 2.45) is 0 Å². The monoisotopic (exact) mass is 403 g/mol. The Hall–Kier alpha value is -1.41. The van der Waals surface area contributed by atoms with Crippen LogP contribution in [0.3, 0.4) is 0 Å². The number of benzene rings is 1. The van der Waals surface area contributed by atoms with E-state index in [1.807, 2.05) is 0 Å². The highest BCUT2D eigenvalue weighted by Gasteiger charge is 2.34. The number of halogens is 1. The molecule has 126 valence electrons. The summed E-state index contributed by atoms with van der Waals surface area (Å²) in [5.74, 6) is 0.0928. The van der Waals surface area contributed by atoms with Crippen LogP contribution in [0.5, 0.6) is 5.75 Å². The molecule has 1 heterocycles. The zero-order valence-electron chi connectivity index (χ0n) is 12.9.